The maximum Gasteiger partial charge on any atom is 0.321 e. The minimum Gasteiger partial charge on any atom is -0.465 e. The molecule has 2 aliphatic rings. The van der Waals surface area contributed by atoms with Gasteiger partial charge in [0.2, 0.25) is 11.9 Å². The molecule has 1 saturated heterocycles. The van der Waals surface area contributed by atoms with Crippen LogP contribution in [-0.4, -0.2) is 42.4 Å². The van der Waals surface area contributed by atoms with Gasteiger partial charge in [0.25, 0.3) is 0 Å². The lowest BCUT2D eigenvalue weighted by Crippen LogP contribution is -2.54. The highest BCUT2D eigenvalue weighted by Gasteiger charge is 2.42. The zero-order chi connectivity index (χ0) is 18.7. The second kappa shape index (κ2) is 7.85. The minimum atomic E-state index is -1.08. The van der Waals surface area contributed by atoms with Gasteiger partial charge < -0.3 is 9.64 Å². The normalized spacial score (nSPS) is 24.0. The largest absolute Gasteiger partial charge is 0.465 e. The number of aliphatic imine (C=N–C) groups is 1. The van der Waals surface area contributed by atoms with Gasteiger partial charge in [-0.15, -0.1) is 0 Å². The number of nitrogens with one attached hydrogen (secondary N) is 1. The molecule has 1 aromatic rings. The van der Waals surface area contributed by atoms with Crippen molar-refractivity contribution in [1.29, 1.82) is 0 Å². The molecule has 1 amide bonds. The molecule has 0 saturated carbocycles. The predicted octanol–water partition coefficient (Wildman–Crippen LogP) is 2.26. The van der Waals surface area contributed by atoms with E-state index >= 15 is 0 Å². The number of hydrogen-bond donors (Lipinski definition) is 1. The van der Waals surface area contributed by atoms with Crippen LogP contribution in [0.5, 0.6) is 0 Å². The summed E-state index contributed by atoms with van der Waals surface area (Å²) in [5.74, 6) is -1.37. The molecule has 0 radical (unpaired) electrons. The average Bonchev–Trinajstić information content (AvgIpc) is 2.62. The molecule has 3 rings (SSSR count). The Kier molecular flexibility index (Phi) is 5.54. The third-order valence-corrected chi connectivity index (χ3v) is 4.93. The summed E-state index contributed by atoms with van der Waals surface area (Å²) in [6, 6.07) is 5.01. The van der Waals surface area contributed by atoms with Gasteiger partial charge in [-0.3, -0.25) is 14.9 Å². The molecule has 26 heavy (non-hydrogen) atoms. The van der Waals surface area contributed by atoms with Crippen molar-refractivity contribution in [2.24, 2.45) is 16.8 Å². The van der Waals surface area contributed by atoms with Gasteiger partial charge in [-0.2, -0.15) is 0 Å². The lowest BCUT2D eigenvalue weighted by Gasteiger charge is -2.36. The van der Waals surface area contributed by atoms with Crippen molar-refractivity contribution in [2.75, 3.05) is 19.7 Å². The second-order valence-electron chi connectivity index (χ2n) is 6.84. The van der Waals surface area contributed by atoms with Gasteiger partial charge in [0.15, 0.2) is 5.92 Å². The number of hydrogen-bond acceptors (Lipinski definition) is 5. The maximum absolute atomic E-state index is 13.3. The van der Waals surface area contributed by atoms with Gasteiger partial charge >= 0.3 is 5.97 Å². The van der Waals surface area contributed by atoms with Crippen LogP contribution >= 0.6 is 0 Å². The van der Waals surface area contributed by atoms with E-state index in [0.29, 0.717) is 17.4 Å². The van der Waals surface area contributed by atoms with Crippen LogP contribution < -0.4 is 5.32 Å². The molecule has 7 heteroatoms. The summed E-state index contributed by atoms with van der Waals surface area (Å²) in [5, 5.41) is 2.76. The monoisotopic (exact) mass is 361 g/mol. The van der Waals surface area contributed by atoms with Crippen molar-refractivity contribution in [1.82, 2.24) is 10.2 Å². The van der Waals surface area contributed by atoms with Gasteiger partial charge in [0.05, 0.1) is 6.61 Å². The first-order valence-corrected chi connectivity index (χ1v) is 9.05. The number of guanidine groups is 1. The molecule has 2 aliphatic heterocycles. The Morgan fingerprint density at radius 2 is 1.96 bits per heavy atom. The molecule has 0 aromatic heterocycles. The zero-order valence-electron chi connectivity index (χ0n) is 15.1. The summed E-state index contributed by atoms with van der Waals surface area (Å²) in [7, 11) is 0. The van der Waals surface area contributed by atoms with Gasteiger partial charge in [-0.25, -0.2) is 9.38 Å². The fourth-order valence-electron chi connectivity index (χ4n) is 3.35. The first-order chi connectivity index (χ1) is 12.5. The molecule has 1 aromatic carbocycles. The highest BCUT2D eigenvalue weighted by atomic mass is 19.1. The van der Waals surface area contributed by atoms with Crippen LogP contribution in [0, 0.1) is 17.7 Å². The summed E-state index contributed by atoms with van der Waals surface area (Å²) in [5.41, 5.74) is 0.613. The number of carbonyl (C=O) groups excluding carboxylic acids is 2. The number of piperidine rings is 1. The van der Waals surface area contributed by atoms with E-state index in [-0.39, 0.29) is 12.4 Å². The molecule has 1 fully saturated rings. The number of esters is 1. The summed E-state index contributed by atoms with van der Waals surface area (Å²) in [4.78, 5) is 31.7. The standard InChI is InChI=1S/C19H24FN3O3/c1-3-26-18(25)15-16(13-4-6-14(20)7-5-13)21-19(22-17(15)24)23-10-8-12(2)9-11-23/h4-7,12,15-16H,3,8-11H2,1-2H3,(H,21,22,24)/t15-,16-/m0/s1. The van der Waals surface area contributed by atoms with Crippen LogP contribution in [0.3, 0.4) is 0 Å². The van der Waals surface area contributed by atoms with E-state index in [9.17, 15) is 14.0 Å². The SMILES string of the molecule is CCOC(=O)[C@@H]1C(=O)NC(N2CCC(C)CC2)=N[C@H]1c1ccc(F)cc1. The Hall–Kier alpha value is -2.44. The second-order valence-corrected chi connectivity index (χ2v) is 6.84. The summed E-state index contributed by atoms with van der Waals surface area (Å²) in [6.45, 7) is 5.69. The number of benzene rings is 1. The van der Waals surface area contributed by atoms with Crippen molar-refractivity contribution < 1.29 is 18.7 Å². The fourth-order valence-corrected chi connectivity index (χ4v) is 3.35. The molecule has 2 atom stereocenters. The summed E-state index contributed by atoms with van der Waals surface area (Å²) >= 11 is 0. The van der Waals surface area contributed by atoms with E-state index in [0.717, 1.165) is 25.9 Å². The smallest absolute Gasteiger partial charge is 0.321 e. The van der Waals surface area contributed by atoms with Crippen molar-refractivity contribution in [2.45, 2.75) is 32.7 Å². The molecular formula is C19H24FN3O3. The first-order valence-electron chi connectivity index (χ1n) is 9.05. The average molecular weight is 361 g/mol. The van der Waals surface area contributed by atoms with E-state index < -0.39 is 23.8 Å². The number of carbonyl (C=O) groups is 2. The molecule has 0 aliphatic carbocycles. The molecule has 2 heterocycles. The van der Waals surface area contributed by atoms with Crippen LogP contribution in [0.2, 0.25) is 0 Å². The Labute approximate surface area is 152 Å². The first kappa shape index (κ1) is 18.4. The van der Waals surface area contributed by atoms with Crippen LogP contribution in [0.25, 0.3) is 0 Å². The lowest BCUT2D eigenvalue weighted by molar-refractivity contribution is -0.153. The molecule has 0 unspecified atom stereocenters. The Morgan fingerprint density at radius 3 is 2.58 bits per heavy atom. The van der Waals surface area contributed by atoms with E-state index in [1.165, 1.54) is 12.1 Å². The molecule has 6 nitrogen and oxygen atoms in total. The summed E-state index contributed by atoms with van der Waals surface area (Å²) < 4.78 is 18.4. The number of nitrogens with zero attached hydrogens (tertiary/aromatic N) is 2. The van der Waals surface area contributed by atoms with E-state index in [1.807, 2.05) is 4.90 Å². The Bertz CT molecular complexity index is 696. The fraction of sp³-hybridized carbons (Fsp3) is 0.526. The van der Waals surface area contributed by atoms with Gasteiger partial charge in [-0.1, -0.05) is 19.1 Å². The lowest BCUT2D eigenvalue weighted by atomic mass is 9.91. The predicted molar refractivity (Wildman–Crippen MR) is 94.8 cm³/mol. The van der Waals surface area contributed by atoms with Crippen LogP contribution in [0.4, 0.5) is 4.39 Å². The zero-order valence-corrected chi connectivity index (χ0v) is 15.1. The summed E-state index contributed by atoms with van der Waals surface area (Å²) in [6.07, 6.45) is 2.05. The quantitative estimate of drug-likeness (QED) is 0.662. The molecule has 140 valence electrons. The Morgan fingerprint density at radius 1 is 1.31 bits per heavy atom. The molecule has 0 spiro atoms. The third-order valence-electron chi connectivity index (χ3n) is 4.93. The van der Waals surface area contributed by atoms with Gasteiger partial charge in [0, 0.05) is 13.1 Å². The number of halogens is 1. The van der Waals surface area contributed by atoms with Crippen molar-refractivity contribution >= 4 is 17.8 Å². The minimum absolute atomic E-state index is 0.180. The van der Waals surface area contributed by atoms with Gasteiger partial charge in [0.1, 0.15) is 11.9 Å². The molecule has 0 bridgehead atoms. The highest BCUT2D eigenvalue weighted by molar-refractivity contribution is 6.08. The highest BCUT2D eigenvalue weighted by Crippen LogP contribution is 2.31. The topological polar surface area (TPSA) is 71.0 Å². The number of rotatable bonds is 3. The van der Waals surface area contributed by atoms with Crippen LogP contribution in [-0.2, 0) is 14.3 Å². The number of ether oxygens (including phenoxy) is 1. The van der Waals surface area contributed by atoms with Crippen molar-refractivity contribution in [3.63, 3.8) is 0 Å². The van der Waals surface area contributed by atoms with E-state index in [4.69, 9.17) is 4.74 Å². The van der Waals surface area contributed by atoms with Crippen LogP contribution in [0.15, 0.2) is 29.3 Å². The molecular weight excluding hydrogens is 337 g/mol. The van der Waals surface area contributed by atoms with E-state index in [1.54, 1.807) is 19.1 Å². The van der Waals surface area contributed by atoms with E-state index in [2.05, 4.69) is 17.2 Å². The molecule has 1 N–H and O–H groups in total. The van der Waals surface area contributed by atoms with Crippen molar-refractivity contribution in [3.05, 3.63) is 35.6 Å². The number of amides is 1. The Balaban J connectivity index is 1.93. The van der Waals surface area contributed by atoms with Crippen LogP contribution in [0.1, 0.15) is 38.3 Å². The number of likely N-dealkylation sites (tertiary alicyclic amines) is 1. The van der Waals surface area contributed by atoms with Gasteiger partial charge in [-0.05, 0) is 43.4 Å². The maximum atomic E-state index is 13.3. The van der Waals surface area contributed by atoms with Crippen molar-refractivity contribution in [3.8, 4) is 0 Å². The third kappa shape index (κ3) is 3.86.